The van der Waals surface area contributed by atoms with Crippen LogP contribution in [0.2, 0.25) is 0 Å². The molecule has 0 saturated carbocycles. The zero-order chi connectivity index (χ0) is 20.9. The predicted molar refractivity (Wildman–Crippen MR) is 121 cm³/mol. The van der Waals surface area contributed by atoms with Crippen LogP contribution in [-0.4, -0.2) is 44.7 Å². The van der Waals surface area contributed by atoms with Gasteiger partial charge in [-0.05, 0) is 49.6 Å². The smallest absolute Gasteiger partial charge is 0.229 e. The van der Waals surface area contributed by atoms with Crippen molar-refractivity contribution in [3.63, 3.8) is 0 Å². The molecule has 29 heavy (non-hydrogen) atoms. The van der Waals surface area contributed by atoms with E-state index >= 15 is 0 Å². The van der Waals surface area contributed by atoms with Gasteiger partial charge < -0.3 is 15.7 Å². The van der Waals surface area contributed by atoms with Crippen LogP contribution in [0.25, 0.3) is 10.4 Å². The molecule has 9 heteroatoms. The Balaban J connectivity index is 1.87. The maximum absolute atomic E-state index is 12.5. The molecule has 2 atom stereocenters. The first-order valence-corrected chi connectivity index (χ1v) is 12.1. The first-order valence-electron chi connectivity index (χ1n) is 9.26. The summed E-state index contributed by atoms with van der Waals surface area (Å²) in [5.74, 6) is 1.09. The van der Waals surface area contributed by atoms with E-state index in [2.05, 4.69) is 25.0 Å². The number of aliphatic hydroxyl groups excluding tert-OH is 1. The lowest BCUT2D eigenvalue weighted by molar-refractivity contribution is 0.281. The molecule has 0 amide bonds. The largest absolute Gasteiger partial charge is 0.394 e. The number of hydrogen-bond acceptors (Lipinski definition) is 8. The van der Waals surface area contributed by atoms with Crippen molar-refractivity contribution in [3.8, 4) is 10.4 Å². The van der Waals surface area contributed by atoms with Gasteiger partial charge in [0.25, 0.3) is 0 Å². The van der Waals surface area contributed by atoms with Crippen LogP contribution >= 0.6 is 11.3 Å². The van der Waals surface area contributed by atoms with Gasteiger partial charge in [0.2, 0.25) is 5.95 Å². The Kier molecular flexibility index (Phi) is 6.83. The molecule has 2 aromatic heterocycles. The molecule has 0 spiro atoms. The van der Waals surface area contributed by atoms with Crippen LogP contribution < -0.4 is 10.6 Å². The second-order valence-corrected chi connectivity index (χ2v) is 9.84. The number of benzene rings is 1. The Morgan fingerprint density at radius 2 is 2.03 bits per heavy atom. The van der Waals surface area contributed by atoms with Crippen molar-refractivity contribution in [2.24, 2.45) is 4.36 Å². The lowest BCUT2D eigenvalue weighted by Crippen LogP contribution is -2.21. The van der Waals surface area contributed by atoms with Crippen molar-refractivity contribution >= 4 is 38.5 Å². The molecule has 0 aliphatic heterocycles. The minimum atomic E-state index is -2.37. The van der Waals surface area contributed by atoms with Gasteiger partial charge in [-0.3, -0.25) is 0 Å². The van der Waals surface area contributed by atoms with Crippen LogP contribution in [0, 0.1) is 0 Å². The molecule has 7 nitrogen and oxygen atoms in total. The fourth-order valence-corrected chi connectivity index (χ4v) is 4.70. The summed E-state index contributed by atoms with van der Waals surface area (Å²) in [5, 5.41) is 17.8. The lowest BCUT2D eigenvalue weighted by Gasteiger charge is -2.16. The Bertz CT molecular complexity index is 1060. The van der Waals surface area contributed by atoms with E-state index < -0.39 is 9.73 Å². The average Bonchev–Trinajstić information content (AvgIpc) is 3.23. The highest BCUT2D eigenvalue weighted by molar-refractivity contribution is 7.93. The third-order valence-electron chi connectivity index (χ3n) is 4.16. The van der Waals surface area contributed by atoms with E-state index in [1.165, 1.54) is 0 Å². The summed E-state index contributed by atoms with van der Waals surface area (Å²) in [4.78, 5) is 10.8. The number of aromatic nitrogens is 2. The fraction of sp³-hybridized carbons (Fsp3) is 0.300. The molecule has 0 saturated heterocycles. The number of nitrogens with zero attached hydrogens (tertiary/aromatic N) is 3. The van der Waals surface area contributed by atoms with Crippen LogP contribution in [0.15, 0.2) is 57.2 Å². The first kappa shape index (κ1) is 21.2. The molecule has 0 bridgehead atoms. The van der Waals surface area contributed by atoms with E-state index in [4.69, 9.17) is 0 Å². The number of anilines is 3. The Labute approximate surface area is 175 Å². The summed E-state index contributed by atoms with van der Waals surface area (Å²) in [5.41, 5.74) is 1.67. The highest BCUT2D eigenvalue weighted by Gasteiger charge is 2.13. The number of aliphatic hydroxyl groups is 1. The minimum absolute atomic E-state index is 0.00276. The molecular weight excluding hydrogens is 406 g/mol. The Morgan fingerprint density at radius 1 is 1.28 bits per heavy atom. The van der Waals surface area contributed by atoms with Crippen LogP contribution in [0.1, 0.15) is 13.8 Å². The van der Waals surface area contributed by atoms with Crippen molar-refractivity contribution in [1.82, 2.24) is 9.97 Å². The minimum Gasteiger partial charge on any atom is -0.394 e. The van der Waals surface area contributed by atoms with Crippen molar-refractivity contribution < 1.29 is 9.32 Å². The fourth-order valence-electron chi connectivity index (χ4n) is 2.68. The quantitative estimate of drug-likeness (QED) is 0.494. The molecular formula is C20H25N5O2S2. The number of rotatable bonds is 8. The van der Waals surface area contributed by atoms with Crippen molar-refractivity contribution in [1.29, 1.82) is 0 Å². The normalized spacial score (nSPS) is 14.1. The molecule has 3 aromatic rings. The van der Waals surface area contributed by atoms with Crippen molar-refractivity contribution in [2.75, 3.05) is 30.0 Å². The highest BCUT2D eigenvalue weighted by atomic mass is 32.2. The Hall–Kier alpha value is -2.49. The molecule has 2 heterocycles. The molecule has 3 N–H and O–H groups in total. The van der Waals surface area contributed by atoms with Gasteiger partial charge in [0.05, 0.1) is 21.9 Å². The summed E-state index contributed by atoms with van der Waals surface area (Å²) >= 11 is 1.60. The summed E-state index contributed by atoms with van der Waals surface area (Å²) in [6.07, 6.45) is 3.41. The maximum atomic E-state index is 12.5. The molecule has 154 valence electrons. The predicted octanol–water partition coefficient (Wildman–Crippen LogP) is 4.22. The van der Waals surface area contributed by atoms with Crippen molar-refractivity contribution in [2.45, 2.75) is 24.8 Å². The van der Waals surface area contributed by atoms with Gasteiger partial charge in [0.1, 0.15) is 5.82 Å². The zero-order valence-corrected chi connectivity index (χ0v) is 18.3. The average molecular weight is 432 g/mol. The van der Waals surface area contributed by atoms with Gasteiger partial charge in [-0.15, -0.1) is 11.3 Å². The van der Waals surface area contributed by atoms with Crippen LogP contribution in [-0.2, 0) is 9.73 Å². The molecule has 3 rings (SSSR count). The van der Waals surface area contributed by atoms with Gasteiger partial charge in [0, 0.05) is 40.5 Å². The molecule has 0 aliphatic rings. The monoisotopic (exact) mass is 431 g/mol. The zero-order valence-electron chi connectivity index (χ0n) is 16.6. The standard InChI is InChI=1S/C20H25N5O2S2/c1-4-22-29(3,27)16-9-7-15(8-10-16)24-20-21-12-17(18-6-5-11-28-18)19(25-20)23-14(2)13-26/h5-12,14,26H,4,13H2,1-3H3,(H2,21,23,24,25)/t14-,29?/m1/s1. The third kappa shape index (κ3) is 5.31. The van der Waals surface area contributed by atoms with Gasteiger partial charge >= 0.3 is 0 Å². The van der Waals surface area contributed by atoms with E-state index in [9.17, 15) is 9.32 Å². The summed E-state index contributed by atoms with van der Waals surface area (Å²) in [6.45, 7) is 4.27. The maximum Gasteiger partial charge on any atom is 0.229 e. The summed E-state index contributed by atoms with van der Waals surface area (Å²) in [6, 6.07) is 11.1. The van der Waals surface area contributed by atoms with E-state index in [0.29, 0.717) is 23.2 Å². The van der Waals surface area contributed by atoms with E-state index in [1.807, 2.05) is 43.5 Å². The summed E-state index contributed by atoms with van der Waals surface area (Å²) < 4.78 is 16.7. The second-order valence-electron chi connectivity index (χ2n) is 6.56. The van der Waals surface area contributed by atoms with Crippen LogP contribution in [0.3, 0.4) is 0 Å². The molecule has 1 aromatic carbocycles. The number of hydrogen-bond donors (Lipinski definition) is 3. The number of nitrogens with one attached hydrogen (secondary N) is 2. The molecule has 0 fully saturated rings. The van der Waals surface area contributed by atoms with Crippen LogP contribution in [0.5, 0.6) is 0 Å². The topological polar surface area (TPSA) is 99.5 Å². The van der Waals surface area contributed by atoms with Gasteiger partial charge in [-0.2, -0.15) is 4.98 Å². The van der Waals surface area contributed by atoms with E-state index in [1.54, 1.807) is 35.9 Å². The lowest BCUT2D eigenvalue weighted by atomic mass is 10.2. The van der Waals surface area contributed by atoms with Crippen molar-refractivity contribution in [3.05, 3.63) is 48.0 Å². The molecule has 1 unspecified atom stereocenters. The van der Waals surface area contributed by atoms with Gasteiger partial charge in [-0.1, -0.05) is 6.07 Å². The molecule has 0 aliphatic carbocycles. The van der Waals surface area contributed by atoms with E-state index in [-0.39, 0.29) is 12.6 Å². The number of thiophene rings is 1. The Morgan fingerprint density at radius 3 is 2.66 bits per heavy atom. The van der Waals surface area contributed by atoms with Crippen LogP contribution in [0.4, 0.5) is 17.5 Å². The van der Waals surface area contributed by atoms with Gasteiger partial charge in [0.15, 0.2) is 0 Å². The van der Waals surface area contributed by atoms with E-state index in [0.717, 1.165) is 16.1 Å². The first-order chi connectivity index (χ1) is 13.9. The van der Waals surface area contributed by atoms with Gasteiger partial charge in [-0.25, -0.2) is 13.6 Å². The second kappa shape index (κ2) is 9.34. The third-order valence-corrected chi connectivity index (χ3v) is 6.96. The summed E-state index contributed by atoms with van der Waals surface area (Å²) in [7, 11) is -2.37. The molecule has 0 radical (unpaired) electrons. The highest BCUT2D eigenvalue weighted by Crippen LogP contribution is 2.31. The SMILES string of the molecule is CCN=S(C)(=O)c1ccc(Nc2ncc(-c3cccs3)c(N[C@H](C)CO)n2)cc1.